The molecule has 0 aliphatic heterocycles. The number of nitrogens with zero attached hydrogens (tertiary/aromatic N) is 4. The Hall–Kier alpha value is -3.92. The van der Waals surface area contributed by atoms with Gasteiger partial charge in [0.15, 0.2) is 11.7 Å². The molecule has 0 unspecified atom stereocenters. The van der Waals surface area contributed by atoms with Crippen LogP contribution in [0, 0.1) is 21.4 Å². The van der Waals surface area contributed by atoms with Crippen molar-refractivity contribution in [1.29, 1.82) is 5.26 Å². The molecule has 1 amide bonds. The van der Waals surface area contributed by atoms with Gasteiger partial charge in [-0.2, -0.15) is 5.26 Å². The number of benzene rings is 1. The molecule has 1 N–H and O–H groups in total. The number of nitrogens with one attached hydrogen (secondary N) is 1. The van der Waals surface area contributed by atoms with Gasteiger partial charge in [-0.3, -0.25) is 20.2 Å². The van der Waals surface area contributed by atoms with Gasteiger partial charge >= 0.3 is 0 Å². The van der Waals surface area contributed by atoms with Gasteiger partial charge in [0.2, 0.25) is 0 Å². The molecule has 33 heavy (non-hydrogen) atoms. The zero-order chi connectivity index (χ0) is 23.2. The van der Waals surface area contributed by atoms with Crippen molar-refractivity contribution in [2.75, 3.05) is 11.9 Å². The summed E-state index contributed by atoms with van der Waals surface area (Å²) in [4.78, 5) is 32.3. The third kappa shape index (κ3) is 5.47. The van der Waals surface area contributed by atoms with Gasteiger partial charge in [0.1, 0.15) is 16.8 Å². The van der Waals surface area contributed by atoms with E-state index in [0.29, 0.717) is 10.1 Å². The Kier molecular flexibility index (Phi) is 6.84. The van der Waals surface area contributed by atoms with E-state index in [-0.39, 0.29) is 29.2 Å². The minimum Gasteiger partial charge on any atom is -0.483 e. The summed E-state index contributed by atoms with van der Waals surface area (Å²) in [6.07, 6.45) is 3.03. The summed E-state index contributed by atoms with van der Waals surface area (Å²) < 4.78 is 5.60. The lowest BCUT2D eigenvalue weighted by Gasteiger charge is -2.09. The van der Waals surface area contributed by atoms with E-state index in [1.54, 1.807) is 11.6 Å². The summed E-state index contributed by atoms with van der Waals surface area (Å²) in [6, 6.07) is 9.91. The number of anilines is 1. The molecule has 0 bridgehead atoms. The molecule has 0 atom stereocenters. The minimum atomic E-state index is -0.541. The number of nitriles is 1. The van der Waals surface area contributed by atoms with Crippen molar-refractivity contribution in [3.8, 4) is 22.4 Å². The number of carbonyl (C=O) groups excluding carboxylic acids is 1. The van der Waals surface area contributed by atoms with Crippen LogP contribution in [-0.2, 0) is 4.79 Å². The van der Waals surface area contributed by atoms with Gasteiger partial charge in [0.05, 0.1) is 21.1 Å². The Morgan fingerprint density at radius 3 is 2.85 bits per heavy atom. The number of amides is 1. The van der Waals surface area contributed by atoms with Crippen molar-refractivity contribution in [3.05, 3.63) is 73.4 Å². The van der Waals surface area contributed by atoms with Crippen LogP contribution in [0.4, 0.5) is 10.8 Å². The van der Waals surface area contributed by atoms with Crippen LogP contribution in [0.3, 0.4) is 0 Å². The van der Waals surface area contributed by atoms with Crippen molar-refractivity contribution in [2.24, 2.45) is 0 Å². The standard InChI is InChI=1S/C21H13N5O4S3/c22-10-14(20-24-16(12-33-20)18-2-1-6-31-18)8-13-9-15(26(28)29)3-4-17(13)30-11-19(27)25-21-23-5-7-32-21/h1-9,12H,11H2,(H,23,25,27)/b14-8+. The molecule has 0 aliphatic carbocycles. The normalized spacial score (nSPS) is 11.1. The van der Waals surface area contributed by atoms with E-state index in [4.69, 9.17) is 4.74 Å². The van der Waals surface area contributed by atoms with Crippen LogP contribution in [0.5, 0.6) is 5.75 Å². The second-order valence-corrected chi connectivity index (χ2v) is 9.04. The average molecular weight is 496 g/mol. The number of thiophene rings is 1. The van der Waals surface area contributed by atoms with Gasteiger partial charge in [-0.05, 0) is 23.6 Å². The highest BCUT2D eigenvalue weighted by atomic mass is 32.1. The maximum atomic E-state index is 12.1. The second kappa shape index (κ2) is 10.1. The lowest BCUT2D eigenvalue weighted by Crippen LogP contribution is -2.20. The van der Waals surface area contributed by atoms with E-state index >= 15 is 0 Å². The first kappa shape index (κ1) is 22.3. The molecule has 3 heterocycles. The molecule has 4 aromatic rings. The predicted molar refractivity (Wildman–Crippen MR) is 128 cm³/mol. The Morgan fingerprint density at radius 2 is 2.15 bits per heavy atom. The number of ether oxygens (including phenoxy) is 1. The number of aromatic nitrogens is 2. The molecule has 9 nitrogen and oxygen atoms in total. The Bertz CT molecular complexity index is 1350. The summed E-state index contributed by atoms with van der Waals surface area (Å²) in [5.41, 5.74) is 1.09. The lowest BCUT2D eigenvalue weighted by atomic mass is 10.1. The minimum absolute atomic E-state index is 0.170. The van der Waals surface area contributed by atoms with Gasteiger partial charge in [-0.25, -0.2) is 9.97 Å². The Morgan fingerprint density at radius 1 is 1.27 bits per heavy atom. The predicted octanol–water partition coefficient (Wildman–Crippen LogP) is 5.32. The summed E-state index contributed by atoms with van der Waals surface area (Å²) in [5.74, 6) is -0.211. The highest BCUT2D eigenvalue weighted by molar-refractivity contribution is 7.14. The van der Waals surface area contributed by atoms with Crippen molar-refractivity contribution >= 4 is 62.4 Å². The molecule has 0 saturated heterocycles. The van der Waals surface area contributed by atoms with Crippen LogP contribution >= 0.6 is 34.0 Å². The van der Waals surface area contributed by atoms with Crippen LogP contribution < -0.4 is 10.1 Å². The smallest absolute Gasteiger partial charge is 0.270 e. The highest BCUT2D eigenvalue weighted by Gasteiger charge is 2.15. The topological polar surface area (TPSA) is 131 Å². The lowest BCUT2D eigenvalue weighted by molar-refractivity contribution is -0.384. The van der Waals surface area contributed by atoms with Crippen molar-refractivity contribution < 1.29 is 14.5 Å². The number of nitro groups is 1. The number of hydrogen-bond donors (Lipinski definition) is 1. The van der Waals surface area contributed by atoms with Crippen molar-refractivity contribution in [1.82, 2.24) is 9.97 Å². The first-order chi connectivity index (χ1) is 16.0. The Labute approximate surface area is 199 Å². The number of carbonyl (C=O) groups is 1. The number of allylic oxidation sites excluding steroid dienone is 1. The molecule has 164 valence electrons. The van der Waals surface area contributed by atoms with E-state index < -0.39 is 10.8 Å². The fourth-order valence-corrected chi connectivity index (χ4v) is 4.80. The third-order valence-electron chi connectivity index (χ3n) is 4.17. The van der Waals surface area contributed by atoms with Crippen LogP contribution in [-0.4, -0.2) is 27.4 Å². The molecule has 0 fully saturated rings. The first-order valence-electron chi connectivity index (χ1n) is 9.25. The average Bonchev–Trinajstić information content (AvgIpc) is 3.58. The second-order valence-electron chi connectivity index (χ2n) is 6.34. The van der Waals surface area contributed by atoms with Gasteiger partial charge in [-0.1, -0.05) is 6.07 Å². The van der Waals surface area contributed by atoms with Crippen molar-refractivity contribution in [2.45, 2.75) is 0 Å². The molecule has 1 aromatic carbocycles. The molecule has 12 heteroatoms. The van der Waals surface area contributed by atoms with Gasteiger partial charge in [0.25, 0.3) is 11.6 Å². The van der Waals surface area contributed by atoms with Crippen LogP contribution in [0.15, 0.2) is 52.7 Å². The van der Waals surface area contributed by atoms with Crippen molar-refractivity contribution in [3.63, 3.8) is 0 Å². The number of nitro benzene ring substituents is 1. The quantitative estimate of drug-likeness (QED) is 0.199. The van der Waals surface area contributed by atoms with Crippen LogP contribution in [0.25, 0.3) is 22.2 Å². The number of rotatable bonds is 8. The van der Waals surface area contributed by atoms with Gasteiger partial charge in [-0.15, -0.1) is 34.0 Å². The number of hydrogen-bond acceptors (Lipinski definition) is 10. The maximum Gasteiger partial charge on any atom is 0.270 e. The molecule has 3 aromatic heterocycles. The molecular formula is C21H13N5O4S3. The van der Waals surface area contributed by atoms with Crippen LogP contribution in [0.1, 0.15) is 10.6 Å². The molecule has 0 radical (unpaired) electrons. The van der Waals surface area contributed by atoms with E-state index in [2.05, 4.69) is 21.4 Å². The molecule has 0 spiro atoms. The Balaban J connectivity index is 1.60. The molecule has 0 aliphatic rings. The first-order valence-corrected chi connectivity index (χ1v) is 11.9. The monoisotopic (exact) mass is 495 g/mol. The van der Waals surface area contributed by atoms with E-state index in [1.807, 2.05) is 22.9 Å². The summed E-state index contributed by atoms with van der Waals surface area (Å²) in [5, 5.41) is 30.0. The molecular weight excluding hydrogens is 482 g/mol. The van der Waals surface area contributed by atoms with E-state index in [0.717, 1.165) is 10.6 Å². The zero-order valence-corrected chi connectivity index (χ0v) is 19.1. The number of non-ortho nitro benzene ring substituents is 1. The SMILES string of the molecule is N#C/C(=C\c1cc([N+](=O)[O-])ccc1OCC(=O)Nc1nccs1)c1nc(-c2cccs2)cs1. The summed E-state index contributed by atoms with van der Waals surface area (Å²) in [7, 11) is 0. The van der Waals surface area contributed by atoms with E-state index in [1.165, 1.54) is 58.3 Å². The summed E-state index contributed by atoms with van der Waals surface area (Å²) >= 11 is 4.10. The summed E-state index contributed by atoms with van der Waals surface area (Å²) in [6.45, 7) is -0.333. The van der Waals surface area contributed by atoms with Crippen LogP contribution in [0.2, 0.25) is 0 Å². The molecule has 0 saturated carbocycles. The zero-order valence-electron chi connectivity index (χ0n) is 16.6. The maximum absolute atomic E-state index is 12.1. The van der Waals surface area contributed by atoms with E-state index in [9.17, 15) is 20.2 Å². The fourth-order valence-electron chi connectivity index (χ4n) is 2.71. The van der Waals surface area contributed by atoms with Gasteiger partial charge in [0, 0.05) is 34.7 Å². The third-order valence-corrected chi connectivity index (χ3v) is 6.63. The number of thiazole rings is 2. The molecule has 4 rings (SSSR count). The highest BCUT2D eigenvalue weighted by Crippen LogP contribution is 2.32. The fraction of sp³-hybridized carbons (Fsp3) is 0.0476. The van der Waals surface area contributed by atoms with Gasteiger partial charge < -0.3 is 4.74 Å². The largest absolute Gasteiger partial charge is 0.483 e.